The minimum Gasteiger partial charge on any atom is -0.465 e. The molecule has 0 unspecified atom stereocenters. The Balaban J connectivity index is 1.74. The van der Waals surface area contributed by atoms with E-state index in [2.05, 4.69) is 4.98 Å². The molecule has 1 heterocycles. The highest BCUT2D eigenvalue weighted by atomic mass is 32.2. The zero-order valence-electron chi connectivity index (χ0n) is 20.4. The molecule has 1 aromatic heterocycles. The van der Waals surface area contributed by atoms with Crippen LogP contribution in [-0.2, 0) is 27.7 Å². The van der Waals surface area contributed by atoms with Crippen molar-refractivity contribution in [3.05, 3.63) is 111 Å². The molecular formula is C28H28N2O5S. The van der Waals surface area contributed by atoms with Crippen LogP contribution in [0.5, 0.6) is 0 Å². The van der Waals surface area contributed by atoms with Crippen molar-refractivity contribution >= 4 is 26.9 Å². The number of hydrogen-bond donors (Lipinski definition) is 1. The summed E-state index contributed by atoms with van der Waals surface area (Å²) in [6.07, 6.45) is 0.461. The second-order valence-corrected chi connectivity index (χ2v) is 10.7. The number of nitrogens with zero attached hydrogens (tertiary/aromatic N) is 1. The Kier molecular flexibility index (Phi) is 7.37. The molecule has 0 radical (unpaired) electrons. The largest absolute Gasteiger partial charge is 0.465 e. The van der Waals surface area contributed by atoms with Gasteiger partial charge in [-0.3, -0.25) is 4.79 Å². The average molecular weight is 505 g/mol. The number of aryl methyl sites for hydroxylation is 2. The molecule has 186 valence electrons. The fraction of sp³-hybridized carbons (Fsp3) is 0.214. The maximum absolute atomic E-state index is 13.8. The fourth-order valence-electron chi connectivity index (χ4n) is 4.13. The summed E-state index contributed by atoms with van der Waals surface area (Å²) in [5.41, 5.74) is 3.92. The number of fused-ring (bicyclic) bond motifs is 1. The summed E-state index contributed by atoms with van der Waals surface area (Å²) in [6, 6.07) is 21.0. The lowest BCUT2D eigenvalue weighted by molar-refractivity contribution is 0.0600. The lowest BCUT2D eigenvalue weighted by Gasteiger charge is -2.23. The first-order valence-corrected chi connectivity index (χ1v) is 13.0. The van der Waals surface area contributed by atoms with Gasteiger partial charge >= 0.3 is 5.97 Å². The first-order valence-electron chi connectivity index (χ1n) is 11.5. The summed E-state index contributed by atoms with van der Waals surface area (Å²) in [6.45, 7) is 3.97. The normalized spacial score (nSPS) is 11.7. The van der Waals surface area contributed by atoms with Crippen molar-refractivity contribution in [1.29, 1.82) is 0 Å². The number of rotatable bonds is 8. The number of benzene rings is 3. The number of carbonyl (C=O) groups excluding carboxylic acids is 1. The van der Waals surface area contributed by atoms with Gasteiger partial charge in [-0.1, -0.05) is 47.5 Å². The van der Waals surface area contributed by atoms with Crippen molar-refractivity contribution in [3.8, 4) is 0 Å². The maximum Gasteiger partial charge on any atom is 0.337 e. The number of hydrogen-bond acceptors (Lipinski definition) is 5. The van der Waals surface area contributed by atoms with E-state index in [0.29, 0.717) is 17.5 Å². The first-order chi connectivity index (χ1) is 17.2. The van der Waals surface area contributed by atoms with Crippen LogP contribution in [-0.4, -0.2) is 37.3 Å². The van der Waals surface area contributed by atoms with Gasteiger partial charge in [0.25, 0.3) is 5.56 Å². The predicted molar refractivity (Wildman–Crippen MR) is 140 cm³/mol. The molecule has 0 aliphatic heterocycles. The van der Waals surface area contributed by atoms with Crippen molar-refractivity contribution in [3.63, 3.8) is 0 Å². The van der Waals surface area contributed by atoms with Crippen molar-refractivity contribution in [2.24, 2.45) is 0 Å². The Hall–Kier alpha value is -3.75. The van der Waals surface area contributed by atoms with Gasteiger partial charge in [-0.05, 0) is 67.6 Å². The minimum atomic E-state index is -4.05. The van der Waals surface area contributed by atoms with Gasteiger partial charge in [0.05, 0.1) is 17.6 Å². The number of aromatic amines is 1. The van der Waals surface area contributed by atoms with Crippen molar-refractivity contribution < 1.29 is 17.9 Å². The summed E-state index contributed by atoms with van der Waals surface area (Å²) < 4.78 is 33.6. The van der Waals surface area contributed by atoms with Gasteiger partial charge in [0.15, 0.2) is 0 Å². The molecule has 0 atom stereocenters. The second kappa shape index (κ2) is 10.5. The highest BCUT2D eigenvalue weighted by Gasteiger charge is 2.26. The van der Waals surface area contributed by atoms with Gasteiger partial charge in [0.2, 0.25) is 10.0 Å². The third-order valence-electron chi connectivity index (χ3n) is 6.05. The smallest absolute Gasteiger partial charge is 0.337 e. The molecule has 0 bridgehead atoms. The number of aromatic nitrogens is 1. The van der Waals surface area contributed by atoms with Crippen molar-refractivity contribution in [2.75, 3.05) is 13.7 Å². The quantitative estimate of drug-likeness (QED) is 0.360. The van der Waals surface area contributed by atoms with Crippen LogP contribution in [0.3, 0.4) is 0 Å². The van der Waals surface area contributed by atoms with Crippen molar-refractivity contribution in [1.82, 2.24) is 9.29 Å². The predicted octanol–water partition coefficient (Wildman–Crippen LogP) is 4.37. The van der Waals surface area contributed by atoms with E-state index in [1.807, 2.05) is 56.3 Å². The molecule has 1 N–H and O–H groups in total. The van der Waals surface area contributed by atoms with Gasteiger partial charge in [-0.25, -0.2) is 13.2 Å². The van der Waals surface area contributed by atoms with Gasteiger partial charge in [-0.15, -0.1) is 0 Å². The molecule has 4 aromatic rings. The Morgan fingerprint density at radius 3 is 2.44 bits per heavy atom. The van der Waals surface area contributed by atoms with Crippen LogP contribution in [0, 0.1) is 13.8 Å². The van der Waals surface area contributed by atoms with Crippen LogP contribution in [0.4, 0.5) is 0 Å². The monoisotopic (exact) mass is 504 g/mol. The number of ether oxygens (including phenoxy) is 1. The van der Waals surface area contributed by atoms with Crippen molar-refractivity contribution in [2.45, 2.75) is 31.7 Å². The molecule has 8 heteroatoms. The Morgan fingerprint density at radius 1 is 0.944 bits per heavy atom. The lowest BCUT2D eigenvalue weighted by Crippen LogP contribution is -2.34. The molecule has 0 saturated carbocycles. The molecule has 4 rings (SSSR count). The minimum absolute atomic E-state index is 0.0392. The van der Waals surface area contributed by atoms with Gasteiger partial charge in [0.1, 0.15) is 0 Å². The number of esters is 1. The molecule has 0 amide bonds. The highest BCUT2D eigenvalue weighted by Crippen LogP contribution is 2.22. The van der Waals surface area contributed by atoms with E-state index in [0.717, 1.165) is 22.1 Å². The summed E-state index contributed by atoms with van der Waals surface area (Å²) in [5.74, 6) is -0.625. The van der Waals surface area contributed by atoms with Gasteiger partial charge in [0, 0.05) is 24.2 Å². The molecule has 7 nitrogen and oxygen atoms in total. The average Bonchev–Trinajstić information content (AvgIpc) is 2.86. The standard InChI is InChI=1S/C28H28N2O5S/c1-19-6-4-7-21(14-19)12-13-30(36(33,34)25-9-5-8-22(17-25)28(32)35-3)18-24-16-23-15-20(2)10-11-26(23)29-27(24)31/h4-11,14-17H,12-13,18H2,1-3H3,(H,29,31). The maximum atomic E-state index is 13.8. The molecule has 3 aromatic carbocycles. The van der Waals surface area contributed by atoms with E-state index in [1.165, 1.54) is 35.7 Å². The lowest BCUT2D eigenvalue weighted by atomic mass is 10.1. The van der Waals surface area contributed by atoms with E-state index in [-0.39, 0.29) is 29.1 Å². The van der Waals surface area contributed by atoms with E-state index in [4.69, 9.17) is 4.74 Å². The highest BCUT2D eigenvalue weighted by molar-refractivity contribution is 7.89. The molecule has 0 aliphatic carbocycles. The molecule has 0 aliphatic rings. The SMILES string of the molecule is COC(=O)c1cccc(S(=O)(=O)N(CCc2cccc(C)c2)Cc2cc3cc(C)ccc3[nH]c2=O)c1. The van der Waals surface area contributed by atoms with Crippen LogP contribution in [0.25, 0.3) is 10.9 Å². The zero-order valence-corrected chi connectivity index (χ0v) is 21.3. The summed E-state index contributed by atoms with van der Waals surface area (Å²) in [4.78, 5) is 27.7. The van der Waals surface area contributed by atoms with Crippen LogP contribution < -0.4 is 5.56 Å². The van der Waals surface area contributed by atoms with Gasteiger partial charge < -0.3 is 9.72 Å². The number of nitrogens with one attached hydrogen (secondary N) is 1. The fourth-order valence-corrected chi connectivity index (χ4v) is 5.60. The van der Waals surface area contributed by atoms with E-state index >= 15 is 0 Å². The number of sulfonamides is 1. The molecular weight excluding hydrogens is 476 g/mol. The Labute approximate surface area is 210 Å². The second-order valence-electron chi connectivity index (χ2n) is 8.81. The van der Waals surface area contributed by atoms with Crippen LogP contribution in [0.1, 0.15) is 32.6 Å². The third-order valence-corrected chi connectivity index (χ3v) is 7.89. The summed E-state index contributed by atoms with van der Waals surface area (Å²) in [5, 5.41) is 0.827. The van der Waals surface area contributed by atoms with Crippen LogP contribution in [0.2, 0.25) is 0 Å². The number of pyridine rings is 1. The van der Waals surface area contributed by atoms with Crippen LogP contribution >= 0.6 is 0 Å². The molecule has 0 spiro atoms. The summed E-state index contributed by atoms with van der Waals surface area (Å²) >= 11 is 0. The number of H-pyrrole nitrogens is 1. The third kappa shape index (κ3) is 5.56. The number of carbonyl (C=O) groups is 1. The van der Waals surface area contributed by atoms with E-state index < -0.39 is 16.0 Å². The number of methoxy groups -OCH3 is 1. The topological polar surface area (TPSA) is 96.5 Å². The Bertz CT molecular complexity index is 1590. The molecule has 0 saturated heterocycles. The molecule has 0 fully saturated rings. The first kappa shape index (κ1) is 25.3. The van der Waals surface area contributed by atoms with Gasteiger partial charge in [-0.2, -0.15) is 4.31 Å². The summed E-state index contributed by atoms with van der Waals surface area (Å²) in [7, 11) is -2.81. The van der Waals surface area contributed by atoms with E-state index in [9.17, 15) is 18.0 Å². The molecule has 36 heavy (non-hydrogen) atoms. The Morgan fingerprint density at radius 2 is 1.69 bits per heavy atom. The van der Waals surface area contributed by atoms with E-state index in [1.54, 1.807) is 6.07 Å². The zero-order chi connectivity index (χ0) is 25.9. The van der Waals surface area contributed by atoms with Crippen LogP contribution in [0.15, 0.2) is 82.5 Å².